The van der Waals surface area contributed by atoms with E-state index in [1.165, 1.54) is 17.0 Å². The number of hydrogen-bond acceptors (Lipinski definition) is 1. The number of halogens is 3. The normalized spacial score (nSPS) is 19.9. The minimum Gasteiger partial charge on any atom is -0.465 e. The van der Waals surface area contributed by atoms with E-state index in [1.807, 2.05) is 0 Å². The highest BCUT2D eigenvalue weighted by atomic mass is 19.4. The van der Waals surface area contributed by atoms with Crippen molar-refractivity contribution in [1.82, 2.24) is 4.90 Å². The van der Waals surface area contributed by atoms with Gasteiger partial charge in [-0.2, -0.15) is 13.2 Å². The molecule has 3 nitrogen and oxygen atoms in total. The van der Waals surface area contributed by atoms with E-state index in [9.17, 15) is 18.0 Å². The zero-order valence-corrected chi connectivity index (χ0v) is 10.9. The second kappa shape index (κ2) is 5.73. The van der Waals surface area contributed by atoms with Gasteiger partial charge in [-0.1, -0.05) is 18.2 Å². The van der Waals surface area contributed by atoms with Gasteiger partial charge in [0.15, 0.2) is 0 Å². The van der Waals surface area contributed by atoms with Crippen molar-refractivity contribution in [3.8, 4) is 0 Å². The summed E-state index contributed by atoms with van der Waals surface area (Å²) in [5.74, 6) is 0. The summed E-state index contributed by atoms with van der Waals surface area (Å²) in [7, 11) is 0. The van der Waals surface area contributed by atoms with Crippen LogP contribution in [0.2, 0.25) is 0 Å². The van der Waals surface area contributed by atoms with Crippen LogP contribution in [0.25, 0.3) is 0 Å². The predicted molar refractivity (Wildman–Crippen MR) is 67.5 cm³/mol. The number of carbonyl (C=O) groups is 1. The van der Waals surface area contributed by atoms with Crippen molar-refractivity contribution in [1.29, 1.82) is 0 Å². The lowest BCUT2D eigenvalue weighted by molar-refractivity contribution is -0.138. The topological polar surface area (TPSA) is 40.5 Å². The first kappa shape index (κ1) is 14.7. The highest BCUT2D eigenvalue weighted by molar-refractivity contribution is 5.65. The molecule has 6 heteroatoms. The molecule has 2 rings (SSSR count). The molecule has 1 aliphatic heterocycles. The summed E-state index contributed by atoms with van der Waals surface area (Å²) in [5.41, 5.74) is -0.505. The van der Waals surface area contributed by atoms with Crippen LogP contribution in [0.15, 0.2) is 24.3 Å². The largest absolute Gasteiger partial charge is 0.465 e. The second-order valence-electron chi connectivity index (χ2n) is 4.98. The molecule has 0 saturated carbocycles. The Morgan fingerprint density at radius 1 is 1.30 bits per heavy atom. The third kappa shape index (κ3) is 3.23. The van der Waals surface area contributed by atoms with Gasteiger partial charge in [-0.15, -0.1) is 0 Å². The van der Waals surface area contributed by atoms with Crippen molar-refractivity contribution in [3.63, 3.8) is 0 Å². The Bertz CT molecular complexity index is 488. The summed E-state index contributed by atoms with van der Waals surface area (Å²) in [4.78, 5) is 12.4. The monoisotopic (exact) mass is 287 g/mol. The maximum absolute atomic E-state index is 12.9. The average Bonchev–Trinajstić information content (AvgIpc) is 2.38. The number of piperidine rings is 1. The highest BCUT2D eigenvalue weighted by Gasteiger charge is 2.35. The van der Waals surface area contributed by atoms with Crippen LogP contribution in [0.1, 0.15) is 30.4 Å². The number of benzene rings is 1. The molecule has 1 saturated heterocycles. The quantitative estimate of drug-likeness (QED) is 0.899. The van der Waals surface area contributed by atoms with Crippen molar-refractivity contribution in [3.05, 3.63) is 35.4 Å². The average molecular weight is 287 g/mol. The minimum atomic E-state index is -4.40. The Morgan fingerprint density at radius 2 is 2.00 bits per heavy atom. The van der Waals surface area contributed by atoms with Gasteiger partial charge in [-0.3, -0.25) is 0 Å². The molecule has 1 heterocycles. The number of nitrogens with zero attached hydrogens (tertiary/aromatic N) is 1. The molecule has 110 valence electrons. The van der Waals surface area contributed by atoms with E-state index in [2.05, 4.69) is 0 Å². The zero-order valence-electron chi connectivity index (χ0n) is 10.9. The molecule has 1 amide bonds. The summed E-state index contributed by atoms with van der Waals surface area (Å²) in [6.45, 7) is 0.397. The third-order valence-corrected chi connectivity index (χ3v) is 3.65. The van der Waals surface area contributed by atoms with Crippen LogP contribution in [-0.4, -0.2) is 28.7 Å². The van der Waals surface area contributed by atoms with Crippen LogP contribution < -0.4 is 0 Å². The molecular weight excluding hydrogens is 271 g/mol. The van der Waals surface area contributed by atoms with Crippen molar-refractivity contribution in [2.45, 2.75) is 37.9 Å². The van der Waals surface area contributed by atoms with E-state index in [1.54, 1.807) is 6.07 Å². The zero-order chi connectivity index (χ0) is 14.8. The van der Waals surface area contributed by atoms with E-state index in [4.69, 9.17) is 5.11 Å². The molecule has 20 heavy (non-hydrogen) atoms. The van der Waals surface area contributed by atoms with Gasteiger partial charge in [-0.25, -0.2) is 4.79 Å². The standard InChI is InChI=1S/C14H16F3NO2/c15-14(16,17)12-7-2-1-5-10(12)9-11-6-3-4-8-18(11)13(19)20/h1-2,5,7,11H,3-4,6,8-9H2,(H,19,20). The fourth-order valence-electron chi connectivity index (χ4n) is 2.69. The summed E-state index contributed by atoms with van der Waals surface area (Å²) in [6, 6.07) is 5.01. The van der Waals surface area contributed by atoms with Crippen LogP contribution in [0.5, 0.6) is 0 Å². The summed E-state index contributed by atoms with van der Waals surface area (Å²) < 4.78 is 38.8. The van der Waals surface area contributed by atoms with Crippen LogP contribution in [-0.2, 0) is 12.6 Å². The van der Waals surface area contributed by atoms with Crippen LogP contribution in [0.3, 0.4) is 0 Å². The van der Waals surface area contributed by atoms with Crippen molar-refractivity contribution in [2.24, 2.45) is 0 Å². The Balaban J connectivity index is 2.23. The number of alkyl halides is 3. The second-order valence-corrected chi connectivity index (χ2v) is 4.98. The minimum absolute atomic E-state index is 0.113. The number of hydrogen-bond donors (Lipinski definition) is 1. The van der Waals surface area contributed by atoms with E-state index in [-0.39, 0.29) is 18.0 Å². The lowest BCUT2D eigenvalue weighted by Gasteiger charge is -2.34. The first-order chi connectivity index (χ1) is 9.39. The van der Waals surface area contributed by atoms with Gasteiger partial charge in [0, 0.05) is 12.6 Å². The maximum Gasteiger partial charge on any atom is 0.416 e. The van der Waals surface area contributed by atoms with Crippen molar-refractivity contribution >= 4 is 6.09 Å². The summed E-state index contributed by atoms with van der Waals surface area (Å²) >= 11 is 0. The number of rotatable bonds is 2. The first-order valence-corrected chi connectivity index (χ1v) is 6.54. The molecular formula is C14H16F3NO2. The van der Waals surface area contributed by atoms with Gasteiger partial charge in [0.25, 0.3) is 0 Å². The molecule has 0 radical (unpaired) electrons. The summed E-state index contributed by atoms with van der Waals surface area (Å²) in [6.07, 6.45) is -3.12. The molecule has 1 N–H and O–H groups in total. The molecule has 0 spiro atoms. The number of carboxylic acid groups (broad SMARTS) is 1. The smallest absolute Gasteiger partial charge is 0.416 e. The van der Waals surface area contributed by atoms with E-state index in [0.29, 0.717) is 13.0 Å². The Hall–Kier alpha value is -1.72. The van der Waals surface area contributed by atoms with Gasteiger partial charge in [0.05, 0.1) is 5.56 Å². The Morgan fingerprint density at radius 3 is 2.65 bits per heavy atom. The number of likely N-dealkylation sites (tertiary alicyclic amines) is 1. The van der Waals surface area contributed by atoms with Gasteiger partial charge < -0.3 is 10.0 Å². The molecule has 0 bridgehead atoms. The maximum atomic E-state index is 12.9. The Kier molecular flexibility index (Phi) is 4.20. The molecule has 1 fully saturated rings. The Labute approximate surface area is 115 Å². The number of amides is 1. The molecule has 1 aliphatic rings. The SMILES string of the molecule is O=C(O)N1CCCCC1Cc1ccccc1C(F)(F)F. The van der Waals surface area contributed by atoms with Crippen LogP contribution >= 0.6 is 0 Å². The lowest BCUT2D eigenvalue weighted by Crippen LogP contribution is -2.44. The summed E-state index contributed by atoms with van der Waals surface area (Å²) in [5, 5.41) is 9.12. The molecule has 1 aromatic rings. The lowest BCUT2D eigenvalue weighted by atomic mass is 9.93. The molecule has 0 aromatic heterocycles. The van der Waals surface area contributed by atoms with E-state index < -0.39 is 17.8 Å². The third-order valence-electron chi connectivity index (χ3n) is 3.65. The molecule has 1 atom stereocenters. The first-order valence-electron chi connectivity index (χ1n) is 6.54. The fourth-order valence-corrected chi connectivity index (χ4v) is 2.69. The highest BCUT2D eigenvalue weighted by Crippen LogP contribution is 2.33. The van der Waals surface area contributed by atoms with Crippen LogP contribution in [0.4, 0.5) is 18.0 Å². The van der Waals surface area contributed by atoms with Gasteiger partial charge >= 0.3 is 12.3 Å². The van der Waals surface area contributed by atoms with E-state index >= 15 is 0 Å². The molecule has 1 unspecified atom stereocenters. The predicted octanol–water partition coefficient (Wildman–Crippen LogP) is 3.78. The fraction of sp³-hybridized carbons (Fsp3) is 0.500. The van der Waals surface area contributed by atoms with E-state index in [0.717, 1.165) is 18.9 Å². The van der Waals surface area contributed by atoms with Crippen molar-refractivity contribution in [2.75, 3.05) is 6.54 Å². The molecule has 0 aliphatic carbocycles. The van der Waals surface area contributed by atoms with Crippen molar-refractivity contribution < 1.29 is 23.1 Å². The van der Waals surface area contributed by atoms with Crippen LogP contribution in [0, 0.1) is 0 Å². The molecule has 1 aromatic carbocycles. The van der Waals surface area contributed by atoms with Gasteiger partial charge in [0.2, 0.25) is 0 Å². The van der Waals surface area contributed by atoms with Gasteiger partial charge in [0.1, 0.15) is 0 Å². The van der Waals surface area contributed by atoms with Gasteiger partial charge in [-0.05, 0) is 37.3 Å².